The lowest BCUT2D eigenvalue weighted by Gasteiger charge is -2.13. The number of esters is 1. The number of hydrogen-bond donors (Lipinski definition) is 0. The van der Waals surface area contributed by atoms with Gasteiger partial charge in [0.1, 0.15) is 5.82 Å². The maximum atomic E-state index is 13.1. The van der Waals surface area contributed by atoms with Gasteiger partial charge in [-0.15, -0.1) is 0 Å². The molecule has 0 N–H and O–H groups in total. The number of carbonyl (C=O) groups excluding carboxylic acids is 3. The van der Waals surface area contributed by atoms with E-state index in [9.17, 15) is 18.8 Å². The second kappa shape index (κ2) is 10.6. The van der Waals surface area contributed by atoms with E-state index in [0.29, 0.717) is 22.8 Å². The molecule has 1 saturated heterocycles. The molecule has 0 atom stereocenters. The van der Waals surface area contributed by atoms with Crippen LogP contribution in [0.4, 0.5) is 9.18 Å². The highest BCUT2D eigenvalue weighted by Crippen LogP contribution is 2.35. The minimum Gasteiger partial charge on any atom is -0.490 e. The first-order valence-corrected chi connectivity index (χ1v) is 11.7. The van der Waals surface area contributed by atoms with E-state index < -0.39 is 11.8 Å². The average Bonchev–Trinajstić information content (AvgIpc) is 3.10. The zero-order chi connectivity index (χ0) is 24.9. The Kier molecular flexibility index (Phi) is 7.31. The third-order valence-electron chi connectivity index (χ3n) is 5.18. The van der Waals surface area contributed by atoms with Crippen LogP contribution in [0.3, 0.4) is 0 Å². The Morgan fingerprint density at radius 1 is 1.00 bits per heavy atom. The topological polar surface area (TPSA) is 72.9 Å². The lowest BCUT2D eigenvalue weighted by molar-refractivity contribution is -0.123. The molecule has 1 aliphatic heterocycles. The number of nitrogens with zero attached hydrogens (tertiary/aromatic N) is 1. The predicted octanol–water partition coefficient (Wildman–Crippen LogP) is 5.99. The summed E-state index contributed by atoms with van der Waals surface area (Å²) in [5.74, 6) is -0.994. The van der Waals surface area contributed by atoms with Gasteiger partial charge in [-0.05, 0) is 79.2 Å². The Morgan fingerprint density at radius 2 is 1.71 bits per heavy atom. The second-order valence-electron chi connectivity index (χ2n) is 7.79. The van der Waals surface area contributed by atoms with Crippen LogP contribution in [-0.2, 0) is 11.3 Å². The predicted molar refractivity (Wildman–Crippen MR) is 132 cm³/mol. The summed E-state index contributed by atoms with van der Waals surface area (Å²) < 4.78 is 24.2. The highest BCUT2D eigenvalue weighted by Gasteiger charge is 2.35. The molecule has 2 amide bonds. The Labute approximate surface area is 206 Å². The molecule has 1 aliphatic rings. The summed E-state index contributed by atoms with van der Waals surface area (Å²) in [6, 6.07) is 17.5. The summed E-state index contributed by atoms with van der Waals surface area (Å²) in [6.07, 6.45) is 1.61. The van der Waals surface area contributed by atoms with Gasteiger partial charge in [0, 0.05) is 0 Å². The number of halogens is 1. The third kappa shape index (κ3) is 5.78. The van der Waals surface area contributed by atoms with E-state index in [1.807, 2.05) is 31.2 Å². The number of aryl methyl sites for hydroxylation is 1. The number of benzene rings is 3. The van der Waals surface area contributed by atoms with Crippen molar-refractivity contribution in [2.24, 2.45) is 0 Å². The zero-order valence-electron chi connectivity index (χ0n) is 19.1. The number of carbonyl (C=O) groups is 3. The van der Waals surface area contributed by atoms with E-state index in [1.54, 1.807) is 31.2 Å². The first-order valence-electron chi connectivity index (χ1n) is 10.9. The first kappa shape index (κ1) is 24.2. The number of rotatable bonds is 7. The fraction of sp³-hybridized carbons (Fsp3) is 0.148. The molecule has 178 valence electrons. The minimum absolute atomic E-state index is 0.186. The van der Waals surface area contributed by atoms with Gasteiger partial charge in [-0.2, -0.15) is 0 Å². The number of imide groups is 1. The molecule has 0 spiro atoms. The molecule has 0 bridgehead atoms. The molecule has 0 aliphatic carbocycles. The largest absolute Gasteiger partial charge is 0.490 e. The van der Waals surface area contributed by atoms with E-state index >= 15 is 0 Å². The summed E-state index contributed by atoms with van der Waals surface area (Å²) in [5.41, 5.74) is 2.76. The van der Waals surface area contributed by atoms with Crippen molar-refractivity contribution in [3.05, 3.63) is 99.7 Å². The van der Waals surface area contributed by atoms with Gasteiger partial charge in [-0.25, -0.2) is 9.18 Å². The van der Waals surface area contributed by atoms with Gasteiger partial charge in [0.15, 0.2) is 11.5 Å². The molecule has 1 heterocycles. The molecule has 4 rings (SSSR count). The molecule has 35 heavy (non-hydrogen) atoms. The van der Waals surface area contributed by atoms with Crippen molar-refractivity contribution in [1.29, 1.82) is 0 Å². The maximum Gasteiger partial charge on any atom is 0.343 e. The fourth-order valence-electron chi connectivity index (χ4n) is 3.38. The highest BCUT2D eigenvalue weighted by atomic mass is 32.2. The quantitative estimate of drug-likeness (QED) is 0.230. The third-order valence-corrected chi connectivity index (χ3v) is 6.09. The number of ether oxygens (including phenoxy) is 2. The van der Waals surface area contributed by atoms with Crippen molar-refractivity contribution in [2.45, 2.75) is 20.4 Å². The summed E-state index contributed by atoms with van der Waals surface area (Å²) in [6.45, 7) is 4.27. The summed E-state index contributed by atoms with van der Waals surface area (Å²) >= 11 is 0.873. The van der Waals surface area contributed by atoms with Crippen molar-refractivity contribution < 1.29 is 28.2 Å². The van der Waals surface area contributed by atoms with Crippen LogP contribution in [-0.4, -0.2) is 28.6 Å². The lowest BCUT2D eigenvalue weighted by Crippen LogP contribution is -2.27. The van der Waals surface area contributed by atoms with Crippen molar-refractivity contribution in [1.82, 2.24) is 4.90 Å². The summed E-state index contributed by atoms with van der Waals surface area (Å²) in [4.78, 5) is 39.3. The van der Waals surface area contributed by atoms with Crippen molar-refractivity contribution in [3.8, 4) is 11.5 Å². The van der Waals surface area contributed by atoms with Crippen LogP contribution in [0, 0.1) is 12.7 Å². The lowest BCUT2D eigenvalue weighted by atomic mass is 10.1. The number of thioether (sulfide) groups is 1. The molecule has 0 saturated carbocycles. The molecular formula is C27H22FNO5S. The SMILES string of the molecule is CCOc1cc(/C=C2\SC(=O)N(Cc3ccc(C)cc3)C2=O)ccc1OC(=O)c1ccc(F)cc1. The van der Waals surface area contributed by atoms with Crippen LogP contribution in [0.5, 0.6) is 11.5 Å². The van der Waals surface area contributed by atoms with Gasteiger partial charge in [0.2, 0.25) is 0 Å². The molecule has 8 heteroatoms. The van der Waals surface area contributed by atoms with E-state index in [-0.39, 0.29) is 29.0 Å². The van der Waals surface area contributed by atoms with Crippen molar-refractivity contribution in [2.75, 3.05) is 6.61 Å². The van der Waals surface area contributed by atoms with Crippen LogP contribution in [0.15, 0.2) is 71.6 Å². The van der Waals surface area contributed by atoms with Gasteiger partial charge in [0.25, 0.3) is 11.1 Å². The summed E-state index contributed by atoms with van der Waals surface area (Å²) in [5, 5.41) is -0.336. The van der Waals surface area contributed by atoms with Gasteiger partial charge in [-0.3, -0.25) is 14.5 Å². The maximum absolute atomic E-state index is 13.1. The molecule has 3 aromatic carbocycles. The van der Waals surface area contributed by atoms with Gasteiger partial charge in [-0.1, -0.05) is 35.9 Å². The van der Waals surface area contributed by atoms with E-state index in [2.05, 4.69) is 0 Å². The number of hydrogen-bond acceptors (Lipinski definition) is 6. The molecule has 3 aromatic rings. The van der Waals surface area contributed by atoms with Crippen molar-refractivity contribution in [3.63, 3.8) is 0 Å². The molecular weight excluding hydrogens is 469 g/mol. The monoisotopic (exact) mass is 491 g/mol. The van der Waals surface area contributed by atoms with Crippen LogP contribution >= 0.6 is 11.8 Å². The molecule has 1 fully saturated rings. The first-order chi connectivity index (χ1) is 16.8. The summed E-state index contributed by atoms with van der Waals surface area (Å²) in [7, 11) is 0. The van der Waals surface area contributed by atoms with Crippen LogP contribution in [0.1, 0.15) is 34.0 Å². The van der Waals surface area contributed by atoms with Gasteiger partial charge in [0.05, 0.1) is 23.6 Å². The van der Waals surface area contributed by atoms with Crippen LogP contribution in [0.25, 0.3) is 6.08 Å². The van der Waals surface area contributed by atoms with E-state index in [4.69, 9.17) is 9.47 Å². The molecule has 0 radical (unpaired) electrons. The van der Waals surface area contributed by atoms with Crippen molar-refractivity contribution >= 4 is 35.0 Å². The molecule has 0 unspecified atom stereocenters. The smallest absolute Gasteiger partial charge is 0.343 e. The average molecular weight is 492 g/mol. The highest BCUT2D eigenvalue weighted by molar-refractivity contribution is 8.18. The molecule has 6 nitrogen and oxygen atoms in total. The Morgan fingerprint density at radius 3 is 2.40 bits per heavy atom. The Balaban J connectivity index is 1.52. The zero-order valence-corrected chi connectivity index (χ0v) is 19.9. The Hall–Kier alpha value is -3.91. The molecule has 0 aromatic heterocycles. The normalized spacial score (nSPS) is 14.5. The second-order valence-corrected chi connectivity index (χ2v) is 8.78. The van der Waals surface area contributed by atoms with E-state index in [1.165, 1.54) is 29.2 Å². The van der Waals surface area contributed by atoms with Gasteiger partial charge < -0.3 is 9.47 Å². The Bertz CT molecular complexity index is 1300. The standard InChI is InChI=1S/C27H22FNO5S/c1-3-33-23-14-19(8-13-22(23)34-26(31)20-9-11-21(28)12-10-20)15-24-25(30)29(27(32)35-24)16-18-6-4-17(2)5-7-18/h4-15H,3,16H2,1-2H3/b24-15-. The van der Waals surface area contributed by atoms with Crippen LogP contribution < -0.4 is 9.47 Å². The van der Waals surface area contributed by atoms with Gasteiger partial charge >= 0.3 is 5.97 Å². The number of amides is 2. The van der Waals surface area contributed by atoms with Crippen LogP contribution in [0.2, 0.25) is 0 Å². The van der Waals surface area contributed by atoms with E-state index in [0.717, 1.165) is 22.9 Å². The minimum atomic E-state index is -0.657. The fourth-order valence-corrected chi connectivity index (χ4v) is 4.21.